The molecule has 0 bridgehead atoms. The first-order valence-corrected chi connectivity index (χ1v) is 7.48. The number of carbonyl (C=O) groups is 1. The Balaban J connectivity index is 1.68. The summed E-state index contributed by atoms with van der Waals surface area (Å²) in [6.07, 6.45) is 1.70. The normalized spacial score (nSPS) is 16.4. The molecule has 1 fully saturated rings. The van der Waals surface area contributed by atoms with Crippen LogP contribution in [0.25, 0.3) is 0 Å². The van der Waals surface area contributed by atoms with Crippen molar-refractivity contribution in [1.82, 2.24) is 15.1 Å². The molecular weight excluding hydrogens is 250 g/mol. The van der Waals surface area contributed by atoms with Gasteiger partial charge in [0.2, 0.25) is 5.91 Å². The van der Waals surface area contributed by atoms with Gasteiger partial charge in [0.25, 0.3) is 0 Å². The molecule has 4 nitrogen and oxygen atoms in total. The van der Waals surface area contributed by atoms with Crippen molar-refractivity contribution < 1.29 is 4.79 Å². The fourth-order valence-corrected chi connectivity index (χ4v) is 2.54. The highest BCUT2D eigenvalue weighted by Crippen LogP contribution is 2.06. The number of carbonyl (C=O) groups excluding carboxylic acids is 1. The van der Waals surface area contributed by atoms with E-state index in [9.17, 15) is 4.79 Å². The summed E-state index contributed by atoms with van der Waals surface area (Å²) in [5.41, 5.74) is 1.39. The smallest absolute Gasteiger partial charge is 0.223 e. The Hall–Kier alpha value is -1.39. The van der Waals surface area contributed by atoms with E-state index in [1.807, 2.05) is 11.9 Å². The minimum atomic E-state index is 0.280. The minimum Gasteiger partial charge on any atom is -0.340 e. The van der Waals surface area contributed by atoms with Crippen LogP contribution in [0.1, 0.15) is 12.0 Å². The molecule has 1 aliphatic rings. The van der Waals surface area contributed by atoms with Gasteiger partial charge in [0.05, 0.1) is 0 Å². The van der Waals surface area contributed by atoms with Gasteiger partial charge in [0, 0.05) is 45.7 Å². The van der Waals surface area contributed by atoms with Crippen LogP contribution in [0.2, 0.25) is 0 Å². The molecule has 0 atom stereocenters. The lowest BCUT2D eigenvalue weighted by molar-refractivity contribution is -0.132. The third-order valence-corrected chi connectivity index (χ3v) is 3.87. The molecule has 0 aliphatic carbocycles. The van der Waals surface area contributed by atoms with Gasteiger partial charge in [-0.25, -0.2) is 0 Å². The van der Waals surface area contributed by atoms with Crippen LogP contribution in [0.5, 0.6) is 0 Å². The zero-order chi connectivity index (χ0) is 14.2. The van der Waals surface area contributed by atoms with Crippen molar-refractivity contribution in [3.8, 4) is 0 Å². The SMILES string of the molecule is CNCCC(=O)N1CCN(CCc2ccccc2)CC1. The van der Waals surface area contributed by atoms with Gasteiger partial charge in [-0.1, -0.05) is 30.3 Å². The van der Waals surface area contributed by atoms with E-state index in [0.29, 0.717) is 6.42 Å². The second-order valence-electron chi connectivity index (χ2n) is 5.31. The van der Waals surface area contributed by atoms with Gasteiger partial charge in [-0.15, -0.1) is 0 Å². The molecule has 2 rings (SSSR count). The predicted molar refractivity (Wildman–Crippen MR) is 81.7 cm³/mol. The monoisotopic (exact) mass is 275 g/mol. The van der Waals surface area contributed by atoms with E-state index >= 15 is 0 Å². The van der Waals surface area contributed by atoms with Crippen molar-refractivity contribution in [3.63, 3.8) is 0 Å². The lowest BCUT2D eigenvalue weighted by Crippen LogP contribution is -2.49. The number of amides is 1. The molecule has 1 aliphatic heterocycles. The zero-order valence-electron chi connectivity index (χ0n) is 12.3. The van der Waals surface area contributed by atoms with E-state index in [-0.39, 0.29) is 5.91 Å². The van der Waals surface area contributed by atoms with Gasteiger partial charge in [-0.05, 0) is 19.0 Å². The summed E-state index contributed by atoms with van der Waals surface area (Å²) in [6, 6.07) is 10.6. The van der Waals surface area contributed by atoms with Crippen LogP contribution < -0.4 is 5.32 Å². The number of nitrogens with one attached hydrogen (secondary N) is 1. The second kappa shape index (κ2) is 8.02. The molecule has 0 radical (unpaired) electrons. The number of nitrogens with zero attached hydrogens (tertiary/aromatic N) is 2. The quantitative estimate of drug-likeness (QED) is 0.841. The first-order chi connectivity index (χ1) is 9.79. The minimum absolute atomic E-state index is 0.280. The van der Waals surface area contributed by atoms with Crippen LogP contribution >= 0.6 is 0 Å². The standard InChI is InChI=1S/C16H25N3O/c1-17-9-7-16(20)19-13-11-18(12-14-19)10-8-15-5-3-2-4-6-15/h2-6,17H,7-14H2,1H3. The summed E-state index contributed by atoms with van der Waals surface area (Å²) >= 11 is 0. The van der Waals surface area contributed by atoms with Crippen LogP contribution in [0.3, 0.4) is 0 Å². The number of hydrogen-bond donors (Lipinski definition) is 1. The van der Waals surface area contributed by atoms with Gasteiger partial charge in [-0.2, -0.15) is 0 Å². The van der Waals surface area contributed by atoms with E-state index in [2.05, 4.69) is 40.5 Å². The van der Waals surface area contributed by atoms with E-state index in [4.69, 9.17) is 0 Å². The zero-order valence-corrected chi connectivity index (χ0v) is 12.3. The Labute approximate surface area is 121 Å². The Morgan fingerprint density at radius 1 is 1.15 bits per heavy atom. The van der Waals surface area contributed by atoms with Crippen LogP contribution in [0.4, 0.5) is 0 Å². The average Bonchev–Trinajstić information content (AvgIpc) is 2.52. The van der Waals surface area contributed by atoms with Crippen LogP contribution in [-0.2, 0) is 11.2 Å². The van der Waals surface area contributed by atoms with Gasteiger partial charge >= 0.3 is 0 Å². The summed E-state index contributed by atoms with van der Waals surface area (Å²) in [5, 5.41) is 3.03. The van der Waals surface area contributed by atoms with E-state index in [0.717, 1.165) is 45.7 Å². The summed E-state index contributed by atoms with van der Waals surface area (Å²) < 4.78 is 0. The maximum absolute atomic E-state index is 11.9. The number of benzene rings is 1. The molecule has 0 saturated carbocycles. The van der Waals surface area contributed by atoms with Gasteiger partial charge < -0.3 is 10.2 Å². The molecule has 20 heavy (non-hydrogen) atoms. The van der Waals surface area contributed by atoms with Crippen molar-refractivity contribution in [2.45, 2.75) is 12.8 Å². The van der Waals surface area contributed by atoms with E-state index in [1.54, 1.807) is 0 Å². The van der Waals surface area contributed by atoms with E-state index < -0.39 is 0 Å². The van der Waals surface area contributed by atoms with Gasteiger partial charge in [0.1, 0.15) is 0 Å². The first-order valence-electron chi connectivity index (χ1n) is 7.48. The molecule has 1 aromatic rings. The maximum Gasteiger partial charge on any atom is 0.223 e. The summed E-state index contributed by atoms with van der Waals surface area (Å²) in [5.74, 6) is 0.280. The molecule has 0 unspecified atom stereocenters. The molecule has 110 valence electrons. The third-order valence-electron chi connectivity index (χ3n) is 3.87. The van der Waals surface area contributed by atoms with Crippen molar-refractivity contribution in [3.05, 3.63) is 35.9 Å². The number of rotatable bonds is 6. The topological polar surface area (TPSA) is 35.6 Å². The highest BCUT2D eigenvalue weighted by molar-refractivity contribution is 5.76. The largest absolute Gasteiger partial charge is 0.340 e. The second-order valence-corrected chi connectivity index (χ2v) is 5.31. The van der Waals surface area contributed by atoms with Crippen LogP contribution in [0, 0.1) is 0 Å². The molecule has 1 N–H and O–H groups in total. The summed E-state index contributed by atoms with van der Waals surface area (Å²) in [6.45, 7) is 5.60. The summed E-state index contributed by atoms with van der Waals surface area (Å²) in [7, 11) is 1.88. The molecule has 1 heterocycles. The number of hydrogen-bond acceptors (Lipinski definition) is 3. The van der Waals surface area contributed by atoms with Gasteiger partial charge in [-0.3, -0.25) is 9.69 Å². The number of piperazine rings is 1. The fraction of sp³-hybridized carbons (Fsp3) is 0.562. The Morgan fingerprint density at radius 2 is 1.85 bits per heavy atom. The van der Waals surface area contributed by atoms with Crippen molar-refractivity contribution in [2.24, 2.45) is 0 Å². The molecule has 0 spiro atoms. The van der Waals surface area contributed by atoms with Crippen molar-refractivity contribution in [1.29, 1.82) is 0 Å². The average molecular weight is 275 g/mol. The highest BCUT2D eigenvalue weighted by atomic mass is 16.2. The van der Waals surface area contributed by atoms with Crippen LogP contribution in [0.15, 0.2) is 30.3 Å². The molecule has 1 amide bonds. The van der Waals surface area contributed by atoms with Crippen molar-refractivity contribution >= 4 is 5.91 Å². The highest BCUT2D eigenvalue weighted by Gasteiger charge is 2.20. The van der Waals surface area contributed by atoms with E-state index in [1.165, 1.54) is 5.56 Å². The Kier molecular flexibility index (Phi) is 6.02. The van der Waals surface area contributed by atoms with Crippen molar-refractivity contribution in [2.75, 3.05) is 46.3 Å². The molecular formula is C16H25N3O. The fourth-order valence-electron chi connectivity index (χ4n) is 2.54. The lowest BCUT2D eigenvalue weighted by atomic mass is 10.1. The third kappa shape index (κ3) is 4.62. The molecule has 1 saturated heterocycles. The molecule has 4 heteroatoms. The Bertz CT molecular complexity index is 399. The predicted octanol–water partition coefficient (Wildman–Crippen LogP) is 0.983. The van der Waals surface area contributed by atoms with Gasteiger partial charge in [0.15, 0.2) is 0 Å². The molecule has 1 aromatic carbocycles. The molecule has 0 aromatic heterocycles. The summed E-state index contributed by atoms with van der Waals surface area (Å²) in [4.78, 5) is 16.4. The lowest BCUT2D eigenvalue weighted by Gasteiger charge is -2.34. The maximum atomic E-state index is 11.9. The Morgan fingerprint density at radius 3 is 2.50 bits per heavy atom. The van der Waals surface area contributed by atoms with Crippen LogP contribution in [-0.4, -0.2) is 62.0 Å². The first kappa shape index (κ1) is 15.0.